The van der Waals surface area contributed by atoms with Gasteiger partial charge in [-0.15, -0.1) is 0 Å². The first kappa shape index (κ1) is 21.3. The number of aromatic nitrogens is 2. The van der Waals surface area contributed by atoms with Crippen LogP contribution in [-0.4, -0.2) is 9.55 Å². The molecular formula is C22H42N2. The lowest BCUT2D eigenvalue weighted by molar-refractivity contribution is 0.432. The molecule has 1 heterocycles. The summed E-state index contributed by atoms with van der Waals surface area (Å²) in [4.78, 5) is 4.73. The smallest absolute Gasteiger partial charge is 0.111 e. The Morgan fingerprint density at radius 3 is 2.08 bits per heavy atom. The second-order valence-electron chi connectivity index (χ2n) is 7.55. The second-order valence-corrected chi connectivity index (χ2v) is 7.55. The van der Waals surface area contributed by atoms with E-state index in [0.717, 1.165) is 0 Å². The van der Waals surface area contributed by atoms with E-state index in [9.17, 15) is 0 Å². The lowest BCUT2D eigenvalue weighted by Crippen LogP contribution is -2.12. The molecule has 1 aromatic heterocycles. The molecule has 1 rings (SSSR count). The van der Waals surface area contributed by atoms with Crippen molar-refractivity contribution in [2.24, 2.45) is 0 Å². The highest BCUT2D eigenvalue weighted by Crippen LogP contribution is 2.28. The van der Waals surface area contributed by atoms with Gasteiger partial charge in [-0.25, -0.2) is 4.98 Å². The third kappa shape index (κ3) is 7.85. The van der Waals surface area contributed by atoms with Crippen LogP contribution in [0.1, 0.15) is 129 Å². The standard InChI is InChI=1S/C22H42N2/c1-5-8-10-11-12-13-14-15-17-21(7-3)22-23-18-19-24(22)20(4)16-9-6-2/h18-21H,5-17H2,1-4H3. The number of hydrogen-bond donors (Lipinski definition) is 0. The number of hydrogen-bond acceptors (Lipinski definition) is 1. The summed E-state index contributed by atoms with van der Waals surface area (Å²) in [5, 5.41) is 0. The lowest BCUT2D eigenvalue weighted by Gasteiger charge is -2.21. The van der Waals surface area contributed by atoms with Gasteiger partial charge < -0.3 is 4.57 Å². The molecule has 2 atom stereocenters. The van der Waals surface area contributed by atoms with Crippen molar-refractivity contribution in [2.45, 2.75) is 123 Å². The molecule has 0 fully saturated rings. The molecule has 2 nitrogen and oxygen atoms in total. The van der Waals surface area contributed by atoms with Gasteiger partial charge >= 0.3 is 0 Å². The van der Waals surface area contributed by atoms with Crippen molar-refractivity contribution in [3.05, 3.63) is 18.2 Å². The fourth-order valence-electron chi connectivity index (χ4n) is 3.69. The van der Waals surface area contributed by atoms with Crippen LogP contribution < -0.4 is 0 Å². The summed E-state index contributed by atoms with van der Waals surface area (Å²) < 4.78 is 2.45. The predicted molar refractivity (Wildman–Crippen MR) is 107 cm³/mol. The maximum Gasteiger partial charge on any atom is 0.111 e. The highest BCUT2D eigenvalue weighted by molar-refractivity contribution is 5.02. The van der Waals surface area contributed by atoms with Crippen molar-refractivity contribution in [1.29, 1.82) is 0 Å². The molecule has 2 unspecified atom stereocenters. The number of rotatable bonds is 15. The highest BCUT2D eigenvalue weighted by Gasteiger charge is 2.17. The average Bonchev–Trinajstić information content (AvgIpc) is 3.08. The van der Waals surface area contributed by atoms with Crippen LogP contribution in [0.2, 0.25) is 0 Å². The fourth-order valence-corrected chi connectivity index (χ4v) is 3.69. The van der Waals surface area contributed by atoms with E-state index in [4.69, 9.17) is 4.98 Å². The molecule has 1 aromatic rings. The van der Waals surface area contributed by atoms with Crippen LogP contribution in [0.3, 0.4) is 0 Å². The van der Waals surface area contributed by atoms with E-state index in [1.54, 1.807) is 0 Å². The van der Waals surface area contributed by atoms with E-state index in [1.807, 2.05) is 6.20 Å². The normalized spacial score (nSPS) is 14.0. The van der Waals surface area contributed by atoms with E-state index < -0.39 is 0 Å². The van der Waals surface area contributed by atoms with Gasteiger partial charge in [0.05, 0.1) is 0 Å². The Kier molecular flexibility index (Phi) is 12.0. The predicted octanol–water partition coefficient (Wildman–Crippen LogP) is 7.66. The molecule has 0 saturated heterocycles. The van der Waals surface area contributed by atoms with Gasteiger partial charge in [0, 0.05) is 24.4 Å². The van der Waals surface area contributed by atoms with Crippen LogP contribution in [0, 0.1) is 0 Å². The number of unbranched alkanes of at least 4 members (excludes halogenated alkanes) is 8. The summed E-state index contributed by atoms with van der Waals surface area (Å²) in [6, 6.07) is 0.593. The Morgan fingerprint density at radius 1 is 0.833 bits per heavy atom. The maximum absolute atomic E-state index is 4.73. The van der Waals surface area contributed by atoms with Gasteiger partial charge in [0.15, 0.2) is 0 Å². The van der Waals surface area contributed by atoms with Crippen molar-refractivity contribution in [1.82, 2.24) is 9.55 Å². The highest BCUT2D eigenvalue weighted by atomic mass is 15.1. The number of imidazole rings is 1. The molecule has 0 radical (unpaired) electrons. The molecular weight excluding hydrogens is 292 g/mol. The Morgan fingerprint density at radius 2 is 1.46 bits per heavy atom. The molecule has 0 bridgehead atoms. The zero-order valence-corrected chi connectivity index (χ0v) is 16.9. The third-order valence-corrected chi connectivity index (χ3v) is 5.41. The van der Waals surface area contributed by atoms with Crippen molar-refractivity contribution < 1.29 is 0 Å². The van der Waals surface area contributed by atoms with Crippen molar-refractivity contribution >= 4 is 0 Å². The Hall–Kier alpha value is -0.790. The van der Waals surface area contributed by atoms with Crippen LogP contribution in [0.15, 0.2) is 12.4 Å². The molecule has 0 spiro atoms. The maximum atomic E-state index is 4.73. The summed E-state index contributed by atoms with van der Waals surface area (Å²) in [6.07, 6.45) is 21.8. The molecule has 24 heavy (non-hydrogen) atoms. The monoisotopic (exact) mass is 334 g/mol. The van der Waals surface area contributed by atoms with E-state index in [1.165, 1.54) is 89.3 Å². The topological polar surface area (TPSA) is 17.8 Å². The summed E-state index contributed by atoms with van der Waals surface area (Å²) >= 11 is 0. The molecule has 0 amide bonds. The van der Waals surface area contributed by atoms with E-state index in [-0.39, 0.29) is 0 Å². The summed E-state index contributed by atoms with van der Waals surface area (Å²) in [6.45, 7) is 9.24. The fraction of sp³-hybridized carbons (Fsp3) is 0.864. The van der Waals surface area contributed by atoms with Crippen LogP contribution in [-0.2, 0) is 0 Å². The summed E-state index contributed by atoms with van der Waals surface area (Å²) in [5.74, 6) is 1.98. The van der Waals surface area contributed by atoms with Gasteiger partial charge in [0.2, 0.25) is 0 Å². The zero-order valence-electron chi connectivity index (χ0n) is 16.9. The molecule has 0 aliphatic rings. The van der Waals surface area contributed by atoms with Gasteiger partial charge in [0.1, 0.15) is 5.82 Å². The van der Waals surface area contributed by atoms with E-state index in [2.05, 4.69) is 38.5 Å². The first-order valence-electron chi connectivity index (χ1n) is 10.8. The van der Waals surface area contributed by atoms with Gasteiger partial charge in [-0.05, 0) is 26.2 Å². The van der Waals surface area contributed by atoms with Crippen LogP contribution in [0.25, 0.3) is 0 Å². The van der Waals surface area contributed by atoms with Crippen LogP contribution >= 0.6 is 0 Å². The van der Waals surface area contributed by atoms with Gasteiger partial charge in [-0.1, -0.05) is 85.0 Å². The molecule has 2 heteroatoms. The quantitative estimate of drug-likeness (QED) is 0.301. The first-order chi connectivity index (χ1) is 11.7. The van der Waals surface area contributed by atoms with Crippen LogP contribution in [0.5, 0.6) is 0 Å². The minimum atomic E-state index is 0.593. The molecule has 140 valence electrons. The Labute approximate surface area is 151 Å². The largest absolute Gasteiger partial charge is 0.332 e. The molecule has 0 saturated carbocycles. The first-order valence-corrected chi connectivity index (χ1v) is 10.8. The van der Waals surface area contributed by atoms with Crippen LogP contribution in [0.4, 0.5) is 0 Å². The molecule has 0 aliphatic carbocycles. The minimum absolute atomic E-state index is 0.593. The Balaban J connectivity index is 2.34. The third-order valence-electron chi connectivity index (χ3n) is 5.41. The van der Waals surface area contributed by atoms with Crippen molar-refractivity contribution in [3.8, 4) is 0 Å². The van der Waals surface area contributed by atoms with E-state index in [0.29, 0.717) is 12.0 Å². The lowest BCUT2D eigenvalue weighted by atomic mass is 9.96. The average molecular weight is 335 g/mol. The van der Waals surface area contributed by atoms with Gasteiger partial charge in [0.25, 0.3) is 0 Å². The molecule has 0 N–H and O–H groups in total. The Bertz CT molecular complexity index is 396. The number of nitrogens with zero attached hydrogens (tertiary/aromatic N) is 2. The van der Waals surface area contributed by atoms with Crippen molar-refractivity contribution in [3.63, 3.8) is 0 Å². The summed E-state index contributed by atoms with van der Waals surface area (Å²) in [5.41, 5.74) is 0. The van der Waals surface area contributed by atoms with E-state index >= 15 is 0 Å². The molecule has 0 aromatic carbocycles. The minimum Gasteiger partial charge on any atom is -0.332 e. The summed E-state index contributed by atoms with van der Waals surface area (Å²) in [7, 11) is 0. The SMILES string of the molecule is CCCCCCCCCCC(CC)c1nccn1C(C)CCCC. The second kappa shape index (κ2) is 13.5. The molecule has 0 aliphatic heterocycles. The van der Waals surface area contributed by atoms with Gasteiger partial charge in [-0.2, -0.15) is 0 Å². The van der Waals surface area contributed by atoms with Crippen molar-refractivity contribution in [2.75, 3.05) is 0 Å². The van der Waals surface area contributed by atoms with Gasteiger partial charge in [-0.3, -0.25) is 0 Å². The zero-order chi connectivity index (χ0) is 17.6.